The van der Waals surface area contributed by atoms with E-state index in [0.717, 1.165) is 39.4 Å². The van der Waals surface area contributed by atoms with Gasteiger partial charge in [-0.05, 0) is 101 Å². The number of furan rings is 1. The minimum atomic E-state index is 0.872. The Labute approximate surface area is 277 Å². The predicted octanol–water partition coefficient (Wildman–Crippen LogP) is 13.3. The third kappa shape index (κ3) is 5.07. The first-order valence-corrected chi connectivity index (χ1v) is 16.6. The van der Waals surface area contributed by atoms with Gasteiger partial charge in [0.2, 0.25) is 0 Å². The summed E-state index contributed by atoms with van der Waals surface area (Å²) in [7, 11) is 0. The maximum Gasteiger partial charge on any atom is 0.135 e. The Morgan fingerprint density at radius 2 is 0.915 bits per heavy atom. The van der Waals surface area contributed by atoms with Crippen molar-refractivity contribution in [3.63, 3.8) is 0 Å². The van der Waals surface area contributed by atoms with Gasteiger partial charge in [-0.3, -0.25) is 0 Å². The van der Waals surface area contributed by atoms with Crippen LogP contribution in [0, 0.1) is 0 Å². The van der Waals surface area contributed by atoms with E-state index in [1.807, 2.05) is 29.5 Å². The van der Waals surface area contributed by atoms with Gasteiger partial charge in [-0.15, -0.1) is 11.3 Å². The summed E-state index contributed by atoms with van der Waals surface area (Å²) in [6.07, 6.45) is 0. The Bertz CT molecular complexity index is 2460. The van der Waals surface area contributed by atoms with Crippen molar-refractivity contribution in [3.05, 3.63) is 176 Å². The van der Waals surface area contributed by atoms with Gasteiger partial charge in [0.15, 0.2) is 0 Å². The molecule has 7 aromatic carbocycles. The maximum atomic E-state index is 6.17. The average Bonchev–Trinajstić information content (AvgIpc) is 3.75. The second-order valence-electron chi connectivity index (χ2n) is 11.8. The zero-order valence-corrected chi connectivity index (χ0v) is 26.3. The summed E-state index contributed by atoms with van der Waals surface area (Å²) in [5.74, 6) is 0.872. The Morgan fingerprint density at radius 3 is 1.62 bits per heavy atom. The summed E-state index contributed by atoms with van der Waals surface area (Å²) < 4.78 is 8.82. The minimum absolute atomic E-state index is 0.872. The second-order valence-corrected chi connectivity index (χ2v) is 12.9. The van der Waals surface area contributed by atoms with Gasteiger partial charge in [-0.1, -0.05) is 97.1 Å². The predicted molar refractivity (Wildman–Crippen MR) is 200 cm³/mol. The smallest absolute Gasteiger partial charge is 0.135 e. The number of para-hydroxylation sites is 1. The molecule has 2 heterocycles. The molecule has 9 aromatic rings. The van der Waals surface area contributed by atoms with Crippen LogP contribution >= 0.6 is 11.3 Å². The van der Waals surface area contributed by atoms with Crippen LogP contribution in [-0.4, -0.2) is 0 Å². The fourth-order valence-electron chi connectivity index (χ4n) is 6.49. The van der Waals surface area contributed by atoms with E-state index >= 15 is 0 Å². The number of hydrogen-bond acceptors (Lipinski definition) is 3. The first-order valence-electron chi connectivity index (χ1n) is 15.8. The lowest BCUT2D eigenvalue weighted by atomic mass is 10.0. The van der Waals surface area contributed by atoms with Crippen molar-refractivity contribution in [2.45, 2.75) is 0 Å². The lowest BCUT2D eigenvalue weighted by molar-refractivity contribution is 0.631. The van der Waals surface area contributed by atoms with Crippen molar-refractivity contribution in [1.82, 2.24) is 0 Å². The molecule has 0 fully saturated rings. The van der Waals surface area contributed by atoms with E-state index in [4.69, 9.17) is 4.42 Å². The highest BCUT2D eigenvalue weighted by atomic mass is 32.1. The number of hydrogen-bond donors (Lipinski definition) is 0. The highest BCUT2D eigenvalue weighted by Crippen LogP contribution is 2.40. The van der Waals surface area contributed by atoms with E-state index in [0.29, 0.717) is 0 Å². The molecule has 0 radical (unpaired) electrons. The minimum Gasteiger partial charge on any atom is -0.456 e. The van der Waals surface area contributed by atoms with E-state index in [9.17, 15) is 0 Å². The number of benzene rings is 7. The molecule has 0 aliphatic carbocycles. The molecule has 9 rings (SSSR count). The highest BCUT2D eigenvalue weighted by Gasteiger charge is 2.15. The SMILES string of the molecule is c1ccc(-c2ccc(N(c3ccc(-c4ccc5sc6ccccc6c5c4)cc3)c3ccc(-c4cc5ccccc5o4)cc3)cc2)cc1. The van der Waals surface area contributed by atoms with Crippen LogP contribution in [-0.2, 0) is 0 Å². The van der Waals surface area contributed by atoms with Crippen LogP contribution in [0.15, 0.2) is 180 Å². The van der Waals surface area contributed by atoms with E-state index in [1.54, 1.807) is 0 Å². The summed E-state index contributed by atoms with van der Waals surface area (Å²) in [6.45, 7) is 0. The molecule has 0 aliphatic heterocycles. The topological polar surface area (TPSA) is 16.4 Å². The molecule has 0 N–H and O–H groups in total. The Morgan fingerprint density at radius 1 is 0.383 bits per heavy atom. The average molecular weight is 620 g/mol. The molecule has 0 aliphatic rings. The zero-order chi connectivity index (χ0) is 31.2. The highest BCUT2D eigenvalue weighted by molar-refractivity contribution is 7.25. The summed E-state index contributed by atoms with van der Waals surface area (Å²) in [4.78, 5) is 2.32. The van der Waals surface area contributed by atoms with E-state index < -0.39 is 0 Å². The zero-order valence-electron chi connectivity index (χ0n) is 25.5. The van der Waals surface area contributed by atoms with Crippen LogP contribution in [0.25, 0.3) is 64.7 Å². The van der Waals surface area contributed by atoms with Gasteiger partial charge in [-0.2, -0.15) is 0 Å². The summed E-state index contributed by atoms with van der Waals surface area (Å²) in [5, 5.41) is 3.75. The molecule has 0 unspecified atom stereocenters. The fraction of sp³-hybridized carbons (Fsp3) is 0. The van der Waals surface area contributed by atoms with Crippen LogP contribution < -0.4 is 4.90 Å². The lowest BCUT2D eigenvalue weighted by Gasteiger charge is -2.26. The molecule has 3 heteroatoms. The van der Waals surface area contributed by atoms with Crippen LogP contribution in [0.5, 0.6) is 0 Å². The quantitative estimate of drug-likeness (QED) is 0.184. The van der Waals surface area contributed by atoms with Crippen LogP contribution in [0.3, 0.4) is 0 Å². The number of fused-ring (bicyclic) bond motifs is 4. The molecular weight excluding hydrogens is 591 g/mol. The van der Waals surface area contributed by atoms with Crippen molar-refractivity contribution in [1.29, 1.82) is 0 Å². The lowest BCUT2D eigenvalue weighted by Crippen LogP contribution is -2.09. The van der Waals surface area contributed by atoms with Crippen LogP contribution in [0.4, 0.5) is 17.1 Å². The van der Waals surface area contributed by atoms with Crippen molar-refractivity contribution < 1.29 is 4.42 Å². The summed E-state index contributed by atoms with van der Waals surface area (Å²) in [5.41, 5.74) is 10.1. The Hall–Kier alpha value is -5.90. The number of anilines is 3. The van der Waals surface area contributed by atoms with Gasteiger partial charge in [0.1, 0.15) is 11.3 Å². The number of rotatable bonds is 6. The van der Waals surface area contributed by atoms with Gasteiger partial charge in [0.05, 0.1) is 0 Å². The molecule has 0 atom stereocenters. The van der Waals surface area contributed by atoms with Crippen molar-refractivity contribution in [3.8, 4) is 33.6 Å². The van der Waals surface area contributed by atoms with E-state index in [-0.39, 0.29) is 0 Å². The molecule has 2 nitrogen and oxygen atoms in total. The van der Waals surface area contributed by atoms with Crippen molar-refractivity contribution in [2.75, 3.05) is 4.90 Å². The third-order valence-corrected chi connectivity index (χ3v) is 10.1. The summed E-state index contributed by atoms with van der Waals surface area (Å²) in [6, 6.07) is 62.7. The van der Waals surface area contributed by atoms with Gasteiger partial charge >= 0.3 is 0 Å². The Kier molecular flexibility index (Phi) is 6.69. The van der Waals surface area contributed by atoms with Crippen molar-refractivity contribution >= 4 is 59.5 Å². The monoisotopic (exact) mass is 619 g/mol. The molecular formula is C44H29NOS. The fourth-order valence-corrected chi connectivity index (χ4v) is 7.57. The van der Waals surface area contributed by atoms with E-state index in [1.165, 1.54) is 42.4 Å². The molecule has 2 aromatic heterocycles. The molecule has 0 spiro atoms. The standard InChI is InChI=1S/C44H29NOS/c1-2-8-30(9-3-1)31-14-21-36(22-15-31)45(38-25-18-33(19-26-38)42-29-35-10-4-6-12-41(35)46-42)37-23-16-32(17-24-37)34-20-27-44-40(28-34)39-11-5-7-13-43(39)47-44/h1-29H. The van der Waals surface area contributed by atoms with Gasteiger partial charge in [-0.25, -0.2) is 0 Å². The molecule has 47 heavy (non-hydrogen) atoms. The van der Waals surface area contributed by atoms with E-state index in [2.05, 4.69) is 163 Å². The van der Waals surface area contributed by atoms with Crippen molar-refractivity contribution in [2.24, 2.45) is 0 Å². The van der Waals surface area contributed by atoms with Gasteiger partial charge in [0, 0.05) is 48.2 Å². The largest absolute Gasteiger partial charge is 0.456 e. The third-order valence-electron chi connectivity index (χ3n) is 8.90. The molecule has 222 valence electrons. The maximum absolute atomic E-state index is 6.17. The number of nitrogens with zero attached hydrogens (tertiary/aromatic N) is 1. The second kappa shape index (κ2) is 11.5. The van der Waals surface area contributed by atoms with Crippen LogP contribution in [0.1, 0.15) is 0 Å². The summed E-state index contributed by atoms with van der Waals surface area (Å²) >= 11 is 1.85. The Balaban J connectivity index is 1.09. The first kappa shape index (κ1) is 27.4. The number of thiophene rings is 1. The molecule has 0 saturated carbocycles. The molecule has 0 amide bonds. The normalized spacial score (nSPS) is 11.4. The van der Waals surface area contributed by atoms with Crippen LogP contribution in [0.2, 0.25) is 0 Å². The molecule has 0 bridgehead atoms. The van der Waals surface area contributed by atoms with Gasteiger partial charge < -0.3 is 9.32 Å². The molecule has 0 saturated heterocycles. The van der Waals surface area contributed by atoms with Gasteiger partial charge in [0.25, 0.3) is 0 Å². The first-order chi connectivity index (χ1) is 23.3.